The minimum absolute atomic E-state index is 0.108. The third-order valence-corrected chi connectivity index (χ3v) is 3.23. The van der Waals surface area contributed by atoms with Crippen molar-refractivity contribution in [2.45, 2.75) is 13.8 Å². The number of nitrogens with zero attached hydrogens (tertiary/aromatic N) is 1. The summed E-state index contributed by atoms with van der Waals surface area (Å²) in [6.07, 6.45) is 0. The molecule has 2 aromatic rings. The first kappa shape index (κ1) is 14.6. The van der Waals surface area contributed by atoms with E-state index in [0.717, 1.165) is 11.3 Å². The Labute approximate surface area is 127 Å². The Kier molecular flexibility index (Phi) is 4.16. The Bertz CT molecular complexity index is 686. The molecule has 1 aromatic heterocycles. The van der Waals surface area contributed by atoms with E-state index in [1.165, 1.54) is 0 Å². The van der Waals surface area contributed by atoms with Gasteiger partial charge in [0.05, 0.1) is 10.6 Å². The second-order valence-electron chi connectivity index (χ2n) is 4.35. The van der Waals surface area contributed by atoms with Gasteiger partial charge in [-0.15, -0.1) is 0 Å². The van der Waals surface area contributed by atoms with Gasteiger partial charge in [-0.3, -0.25) is 5.41 Å². The van der Waals surface area contributed by atoms with Gasteiger partial charge in [0.2, 0.25) is 5.88 Å². The number of hydrogen-bond donors (Lipinski definition) is 2. The van der Waals surface area contributed by atoms with Crippen LogP contribution in [0.25, 0.3) is 0 Å². The standard InChI is InChI=1S/C14H13Cl2N3O/c1-7-5-8(2)19-14(12(7)13(17)18)20-11-6-9(15)3-4-10(11)16/h3-6H,1-2H3,(H3,17,18). The van der Waals surface area contributed by atoms with E-state index >= 15 is 0 Å². The average Bonchev–Trinajstić information content (AvgIpc) is 2.32. The molecule has 2 rings (SSSR count). The number of aromatic nitrogens is 1. The molecule has 0 aliphatic heterocycles. The molecular formula is C14H13Cl2N3O. The first-order valence-corrected chi connectivity index (χ1v) is 6.59. The topological polar surface area (TPSA) is 72.0 Å². The highest BCUT2D eigenvalue weighted by atomic mass is 35.5. The van der Waals surface area contributed by atoms with Crippen LogP contribution in [-0.4, -0.2) is 10.8 Å². The van der Waals surface area contributed by atoms with Crippen molar-refractivity contribution >= 4 is 29.0 Å². The van der Waals surface area contributed by atoms with Crippen LogP contribution in [0.2, 0.25) is 10.0 Å². The maximum atomic E-state index is 7.65. The highest BCUT2D eigenvalue weighted by Crippen LogP contribution is 2.33. The summed E-state index contributed by atoms with van der Waals surface area (Å²) in [7, 11) is 0. The second-order valence-corrected chi connectivity index (χ2v) is 5.19. The van der Waals surface area contributed by atoms with Gasteiger partial charge < -0.3 is 10.5 Å². The van der Waals surface area contributed by atoms with E-state index in [9.17, 15) is 0 Å². The van der Waals surface area contributed by atoms with Crippen LogP contribution in [0, 0.1) is 19.3 Å². The zero-order chi connectivity index (χ0) is 14.9. The van der Waals surface area contributed by atoms with Crippen molar-refractivity contribution in [3.63, 3.8) is 0 Å². The number of nitrogens with two attached hydrogens (primary N) is 1. The molecule has 0 amide bonds. The van der Waals surface area contributed by atoms with Crippen molar-refractivity contribution in [2.75, 3.05) is 0 Å². The summed E-state index contributed by atoms with van der Waals surface area (Å²) in [6.45, 7) is 3.68. The van der Waals surface area contributed by atoms with Crippen LogP contribution < -0.4 is 10.5 Å². The van der Waals surface area contributed by atoms with E-state index in [0.29, 0.717) is 21.4 Å². The molecule has 104 valence electrons. The molecule has 0 atom stereocenters. The van der Waals surface area contributed by atoms with Crippen LogP contribution in [0.15, 0.2) is 24.3 Å². The molecule has 0 aliphatic carbocycles. The Morgan fingerprint density at radius 3 is 2.60 bits per heavy atom. The molecule has 0 bridgehead atoms. The normalized spacial score (nSPS) is 10.4. The van der Waals surface area contributed by atoms with Gasteiger partial charge in [-0.1, -0.05) is 23.2 Å². The lowest BCUT2D eigenvalue weighted by molar-refractivity contribution is 0.460. The van der Waals surface area contributed by atoms with Crippen LogP contribution in [0.4, 0.5) is 0 Å². The van der Waals surface area contributed by atoms with Crippen LogP contribution in [0.1, 0.15) is 16.8 Å². The molecule has 0 spiro atoms. The predicted octanol–water partition coefficient (Wildman–Crippen LogP) is 4.08. The molecule has 0 fully saturated rings. The quantitative estimate of drug-likeness (QED) is 0.662. The van der Waals surface area contributed by atoms with E-state index in [2.05, 4.69) is 4.98 Å². The summed E-state index contributed by atoms with van der Waals surface area (Å²) in [5, 5.41) is 8.55. The van der Waals surface area contributed by atoms with Gasteiger partial charge in [-0.2, -0.15) is 0 Å². The minimum Gasteiger partial charge on any atom is -0.437 e. The first-order valence-electron chi connectivity index (χ1n) is 5.84. The number of aryl methyl sites for hydroxylation is 2. The van der Waals surface area contributed by atoms with Crippen molar-refractivity contribution in [3.8, 4) is 11.6 Å². The van der Waals surface area contributed by atoms with E-state index in [4.69, 9.17) is 39.1 Å². The van der Waals surface area contributed by atoms with Gasteiger partial charge in [0.25, 0.3) is 0 Å². The molecular weight excluding hydrogens is 297 g/mol. The number of rotatable bonds is 3. The van der Waals surface area contributed by atoms with E-state index in [-0.39, 0.29) is 11.7 Å². The smallest absolute Gasteiger partial charge is 0.230 e. The van der Waals surface area contributed by atoms with Crippen LogP contribution in [-0.2, 0) is 0 Å². The number of nitrogen functional groups attached to an aromatic ring is 1. The largest absolute Gasteiger partial charge is 0.437 e. The number of amidine groups is 1. The fourth-order valence-corrected chi connectivity index (χ4v) is 2.18. The molecule has 0 radical (unpaired) electrons. The number of ether oxygens (including phenoxy) is 1. The Hall–Kier alpha value is -1.78. The number of halogens is 2. The van der Waals surface area contributed by atoms with Gasteiger partial charge in [0, 0.05) is 16.8 Å². The zero-order valence-corrected chi connectivity index (χ0v) is 12.5. The van der Waals surface area contributed by atoms with Gasteiger partial charge >= 0.3 is 0 Å². The van der Waals surface area contributed by atoms with Crippen molar-refractivity contribution in [2.24, 2.45) is 5.73 Å². The van der Waals surface area contributed by atoms with E-state index < -0.39 is 0 Å². The fourth-order valence-electron chi connectivity index (χ4n) is 1.86. The molecule has 0 saturated carbocycles. The predicted molar refractivity (Wildman–Crippen MR) is 81.3 cm³/mol. The fraction of sp³-hybridized carbons (Fsp3) is 0.143. The van der Waals surface area contributed by atoms with Gasteiger partial charge in [0.1, 0.15) is 11.6 Å². The van der Waals surface area contributed by atoms with E-state index in [1.54, 1.807) is 18.2 Å². The van der Waals surface area contributed by atoms with Crippen molar-refractivity contribution in [1.82, 2.24) is 4.98 Å². The van der Waals surface area contributed by atoms with Gasteiger partial charge in [-0.05, 0) is 37.6 Å². The lowest BCUT2D eigenvalue weighted by Gasteiger charge is -2.13. The lowest BCUT2D eigenvalue weighted by atomic mass is 10.1. The first-order chi connectivity index (χ1) is 9.38. The second kappa shape index (κ2) is 5.69. The Balaban J connectivity index is 2.53. The van der Waals surface area contributed by atoms with Crippen LogP contribution >= 0.6 is 23.2 Å². The maximum absolute atomic E-state index is 7.65. The van der Waals surface area contributed by atoms with Crippen molar-refractivity contribution in [1.29, 1.82) is 5.41 Å². The Morgan fingerprint density at radius 1 is 1.25 bits per heavy atom. The molecule has 20 heavy (non-hydrogen) atoms. The number of nitrogens with one attached hydrogen (secondary N) is 1. The molecule has 6 heteroatoms. The van der Waals surface area contributed by atoms with Crippen LogP contribution in [0.3, 0.4) is 0 Å². The monoisotopic (exact) mass is 309 g/mol. The average molecular weight is 310 g/mol. The summed E-state index contributed by atoms with van der Waals surface area (Å²) >= 11 is 12.0. The number of benzene rings is 1. The molecule has 3 N–H and O–H groups in total. The van der Waals surface area contributed by atoms with E-state index in [1.807, 2.05) is 19.9 Å². The summed E-state index contributed by atoms with van der Waals surface area (Å²) in [6, 6.07) is 6.73. The lowest BCUT2D eigenvalue weighted by Crippen LogP contribution is -2.15. The number of pyridine rings is 1. The highest BCUT2D eigenvalue weighted by Gasteiger charge is 2.15. The summed E-state index contributed by atoms with van der Waals surface area (Å²) in [4.78, 5) is 4.28. The summed E-state index contributed by atoms with van der Waals surface area (Å²) in [5.41, 5.74) is 7.62. The third-order valence-electron chi connectivity index (χ3n) is 2.68. The summed E-state index contributed by atoms with van der Waals surface area (Å²) < 4.78 is 5.70. The van der Waals surface area contributed by atoms with Crippen LogP contribution in [0.5, 0.6) is 11.6 Å². The summed E-state index contributed by atoms with van der Waals surface area (Å²) in [5.74, 6) is 0.515. The molecule has 0 unspecified atom stereocenters. The zero-order valence-electron chi connectivity index (χ0n) is 11.0. The van der Waals surface area contributed by atoms with Gasteiger partial charge in [0.15, 0.2) is 0 Å². The van der Waals surface area contributed by atoms with Crippen molar-refractivity contribution in [3.05, 3.63) is 51.1 Å². The third kappa shape index (κ3) is 3.03. The van der Waals surface area contributed by atoms with Crippen molar-refractivity contribution < 1.29 is 4.74 Å². The molecule has 0 aliphatic rings. The molecule has 4 nitrogen and oxygen atoms in total. The van der Waals surface area contributed by atoms with Gasteiger partial charge in [-0.25, -0.2) is 4.98 Å². The maximum Gasteiger partial charge on any atom is 0.230 e. The minimum atomic E-state index is -0.108. The highest BCUT2D eigenvalue weighted by molar-refractivity contribution is 6.34. The molecule has 1 heterocycles. The number of hydrogen-bond acceptors (Lipinski definition) is 3. The Morgan fingerprint density at radius 2 is 1.95 bits per heavy atom. The molecule has 0 saturated heterocycles. The molecule has 1 aromatic carbocycles. The SMILES string of the molecule is Cc1cc(C)c(C(=N)N)c(Oc2cc(Cl)ccc2Cl)n1.